The second kappa shape index (κ2) is 4.91. The van der Waals surface area contributed by atoms with E-state index in [2.05, 4.69) is 31.1 Å². The second-order valence-corrected chi connectivity index (χ2v) is 6.29. The molecule has 0 saturated heterocycles. The molecule has 0 aliphatic carbocycles. The second-order valence-electron chi connectivity index (χ2n) is 6.29. The zero-order valence-corrected chi connectivity index (χ0v) is 12.1. The first-order valence-corrected chi connectivity index (χ1v) is 6.61. The van der Waals surface area contributed by atoms with Crippen molar-refractivity contribution in [2.45, 2.75) is 38.8 Å². The number of aliphatic hydroxyl groups is 1. The zero-order valence-electron chi connectivity index (χ0n) is 12.1. The van der Waals surface area contributed by atoms with E-state index in [0.29, 0.717) is 6.54 Å². The van der Waals surface area contributed by atoms with Crippen molar-refractivity contribution in [3.05, 3.63) is 42.1 Å². The number of aromatic nitrogens is 1. The monoisotopic (exact) mass is 258 g/mol. The molecule has 102 valence electrons. The number of benzene rings is 1. The van der Waals surface area contributed by atoms with E-state index in [1.807, 2.05) is 37.3 Å². The first kappa shape index (κ1) is 14.0. The number of nitrogens with one attached hydrogen (secondary N) is 1. The maximum atomic E-state index is 10.6. The summed E-state index contributed by atoms with van der Waals surface area (Å²) in [6.45, 7) is 8.57. The van der Waals surface area contributed by atoms with Gasteiger partial charge in [0.25, 0.3) is 0 Å². The third-order valence-electron chi connectivity index (χ3n) is 3.18. The fraction of sp³-hybridized carbons (Fsp3) is 0.438. The lowest BCUT2D eigenvalue weighted by Gasteiger charge is -2.29. The summed E-state index contributed by atoms with van der Waals surface area (Å²) in [5.74, 6) is 0. The van der Waals surface area contributed by atoms with Crippen LogP contribution in [0.2, 0.25) is 0 Å². The molecular formula is C16H22N2O. The van der Waals surface area contributed by atoms with E-state index in [4.69, 9.17) is 0 Å². The smallest absolute Gasteiger partial charge is 0.101 e. The Morgan fingerprint density at radius 2 is 1.84 bits per heavy atom. The molecule has 19 heavy (non-hydrogen) atoms. The fourth-order valence-corrected chi connectivity index (χ4v) is 1.90. The Balaban J connectivity index is 2.27. The molecule has 0 saturated carbocycles. The molecule has 1 atom stereocenters. The molecule has 0 aliphatic heterocycles. The standard InChI is InChI=1S/C16H22N2O/c1-15(2,3)18-11-16(4,19)13-9-12-7-5-6-8-14(12)17-10-13/h5-10,18-19H,11H2,1-4H3. The topological polar surface area (TPSA) is 45.1 Å². The first-order valence-electron chi connectivity index (χ1n) is 6.61. The normalized spacial score (nSPS) is 15.4. The molecule has 1 aromatic heterocycles. The van der Waals surface area contributed by atoms with Gasteiger partial charge >= 0.3 is 0 Å². The molecule has 0 fully saturated rings. The van der Waals surface area contributed by atoms with Crippen LogP contribution in [-0.2, 0) is 5.60 Å². The Hall–Kier alpha value is -1.45. The van der Waals surface area contributed by atoms with E-state index in [9.17, 15) is 5.11 Å². The Bertz CT molecular complexity index is 570. The number of rotatable bonds is 3. The highest BCUT2D eigenvalue weighted by Gasteiger charge is 2.25. The lowest BCUT2D eigenvalue weighted by Crippen LogP contribution is -2.44. The van der Waals surface area contributed by atoms with Crippen LogP contribution in [0.4, 0.5) is 0 Å². The van der Waals surface area contributed by atoms with Gasteiger partial charge in [-0.25, -0.2) is 0 Å². The number of hydrogen-bond acceptors (Lipinski definition) is 3. The van der Waals surface area contributed by atoms with Crippen molar-refractivity contribution in [1.29, 1.82) is 0 Å². The molecule has 0 amide bonds. The van der Waals surface area contributed by atoms with Crippen molar-refractivity contribution in [3.63, 3.8) is 0 Å². The molecule has 2 N–H and O–H groups in total. The molecule has 1 aromatic carbocycles. The number of fused-ring (bicyclic) bond motifs is 1. The summed E-state index contributed by atoms with van der Waals surface area (Å²) < 4.78 is 0. The first-order chi connectivity index (χ1) is 8.78. The molecular weight excluding hydrogens is 236 g/mol. The van der Waals surface area contributed by atoms with Crippen LogP contribution in [0.5, 0.6) is 0 Å². The van der Waals surface area contributed by atoms with Gasteiger partial charge in [-0.1, -0.05) is 18.2 Å². The quantitative estimate of drug-likeness (QED) is 0.890. The molecule has 0 aliphatic rings. The SMILES string of the molecule is CC(C)(C)NCC(C)(O)c1cnc2ccccc2c1. The Morgan fingerprint density at radius 3 is 2.53 bits per heavy atom. The fourth-order valence-electron chi connectivity index (χ4n) is 1.90. The van der Waals surface area contributed by atoms with Crippen molar-refractivity contribution >= 4 is 10.9 Å². The highest BCUT2D eigenvalue weighted by Crippen LogP contribution is 2.23. The van der Waals surface area contributed by atoms with Crippen LogP contribution in [0, 0.1) is 0 Å². The minimum atomic E-state index is -0.926. The Morgan fingerprint density at radius 1 is 1.16 bits per heavy atom. The third kappa shape index (κ3) is 3.52. The minimum absolute atomic E-state index is 0.0196. The molecule has 2 rings (SSSR count). The molecule has 1 heterocycles. The molecule has 3 heteroatoms. The van der Waals surface area contributed by atoms with E-state index < -0.39 is 5.60 Å². The van der Waals surface area contributed by atoms with Gasteiger partial charge in [0.2, 0.25) is 0 Å². The number of nitrogens with zero attached hydrogens (tertiary/aromatic N) is 1. The number of para-hydroxylation sites is 1. The van der Waals surface area contributed by atoms with Crippen LogP contribution in [-0.4, -0.2) is 22.2 Å². The van der Waals surface area contributed by atoms with Crippen LogP contribution in [0.25, 0.3) is 10.9 Å². The molecule has 2 aromatic rings. The van der Waals surface area contributed by atoms with Crippen LogP contribution in [0.1, 0.15) is 33.3 Å². The van der Waals surface area contributed by atoms with Crippen molar-refractivity contribution in [1.82, 2.24) is 10.3 Å². The molecule has 0 bridgehead atoms. The summed E-state index contributed by atoms with van der Waals surface area (Å²) in [7, 11) is 0. The molecule has 0 spiro atoms. The molecule has 3 nitrogen and oxygen atoms in total. The van der Waals surface area contributed by atoms with Gasteiger partial charge in [0.05, 0.1) is 5.52 Å². The van der Waals surface area contributed by atoms with Gasteiger partial charge in [-0.3, -0.25) is 4.98 Å². The summed E-state index contributed by atoms with van der Waals surface area (Å²) >= 11 is 0. The number of hydrogen-bond donors (Lipinski definition) is 2. The summed E-state index contributed by atoms with van der Waals surface area (Å²) in [5, 5.41) is 15.0. The van der Waals surface area contributed by atoms with Crippen LogP contribution in [0.3, 0.4) is 0 Å². The van der Waals surface area contributed by atoms with Gasteiger partial charge in [-0.05, 0) is 39.8 Å². The average molecular weight is 258 g/mol. The van der Waals surface area contributed by atoms with Crippen molar-refractivity contribution in [3.8, 4) is 0 Å². The molecule has 0 radical (unpaired) electrons. The Kier molecular flexibility index (Phi) is 3.61. The van der Waals surface area contributed by atoms with Crippen molar-refractivity contribution < 1.29 is 5.11 Å². The summed E-state index contributed by atoms with van der Waals surface area (Å²) in [6.07, 6.45) is 1.76. The van der Waals surface area contributed by atoms with E-state index >= 15 is 0 Å². The predicted octanol–water partition coefficient (Wildman–Crippen LogP) is 2.83. The highest BCUT2D eigenvalue weighted by molar-refractivity contribution is 5.78. The van der Waals surface area contributed by atoms with E-state index in [0.717, 1.165) is 16.5 Å². The predicted molar refractivity (Wildman–Crippen MR) is 79.1 cm³/mol. The van der Waals surface area contributed by atoms with E-state index in [1.165, 1.54) is 0 Å². The average Bonchev–Trinajstić information content (AvgIpc) is 2.35. The summed E-state index contributed by atoms with van der Waals surface area (Å²) in [5.41, 5.74) is 0.840. The van der Waals surface area contributed by atoms with Crippen LogP contribution >= 0.6 is 0 Å². The van der Waals surface area contributed by atoms with Crippen LogP contribution < -0.4 is 5.32 Å². The van der Waals surface area contributed by atoms with Gasteiger partial charge < -0.3 is 10.4 Å². The van der Waals surface area contributed by atoms with Gasteiger partial charge in [0, 0.05) is 29.2 Å². The Labute approximate surface area is 114 Å². The largest absolute Gasteiger partial charge is 0.384 e. The maximum Gasteiger partial charge on any atom is 0.101 e. The van der Waals surface area contributed by atoms with Crippen molar-refractivity contribution in [2.75, 3.05) is 6.54 Å². The van der Waals surface area contributed by atoms with Gasteiger partial charge in [0.1, 0.15) is 5.60 Å². The van der Waals surface area contributed by atoms with Gasteiger partial charge in [-0.15, -0.1) is 0 Å². The lowest BCUT2D eigenvalue weighted by atomic mass is 9.95. The van der Waals surface area contributed by atoms with Gasteiger partial charge in [0.15, 0.2) is 0 Å². The zero-order chi connectivity index (χ0) is 14.1. The number of β-amino-alcohol motifs (C(OH)–C–C–N with tert-alkyl or cyclic N) is 1. The maximum absolute atomic E-state index is 10.6. The minimum Gasteiger partial charge on any atom is -0.384 e. The third-order valence-corrected chi connectivity index (χ3v) is 3.18. The lowest BCUT2D eigenvalue weighted by molar-refractivity contribution is 0.0500. The van der Waals surface area contributed by atoms with E-state index in [-0.39, 0.29) is 5.54 Å². The summed E-state index contributed by atoms with van der Waals surface area (Å²) in [6, 6.07) is 9.94. The highest BCUT2D eigenvalue weighted by atomic mass is 16.3. The summed E-state index contributed by atoms with van der Waals surface area (Å²) in [4.78, 5) is 4.40. The van der Waals surface area contributed by atoms with Gasteiger partial charge in [-0.2, -0.15) is 0 Å². The number of pyridine rings is 1. The van der Waals surface area contributed by atoms with E-state index in [1.54, 1.807) is 6.20 Å². The molecule has 1 unspecified atom stereocenters. The van der Waals surface area contributed by atoms with Crippen molar-refractivity contribution in [2.24, 2.45) is 0 Å². The van der Waals surface area contributed by atoms with Crippen LogP contribution in [0.15, 0.2) is 36.5 Å².